The molecule has 3 nitrogen and oxygen atoms in total. The van der Waals surface area contributed by atoms with Crippen molar-refractivity contribution < 1.29 is 4.74 Å². The van der Waals surface area contributed by atoms with E-state index in [-0.39, 0.29) is 0 Å². The molecule has 0 N–H and O–H groups in total. The third-order valence-electron chi connectivity index (χ3n) is 4.97. The van der Waals surface area contributed by atoms with Crippen LogP contribution in [0.2, 0.25) is 0 Å². The number of azo groups is 1. The molecule has 0 aromatic heterocycles. The van der Waals surface area contributed by atoms with Crippen LogP contribution in [0.15, 0.2) is 58.8 Å². The van der Waals surface area contributed by atoms with Crippen LogP contribution in [0.25, 0.3) is 0 Å². The number of benzene rings is 2. The summed E-state index contributed by atoms with van der Waals surface area (Å²) in [7, 11) is 0. The lowest BCUT2D eigenvalue weighted by Gasteiger charge is -2.11. The Bertz CT molecular complexity index is 682. The van der Waals surface area contributed by atoms with Gasteiger partial charge in [-0.25, -0.2) is 0 Å². The predicted octanol–water partition coefficient (Wildman–Crippen LogP) is 8.57. The fourth-order valence-electron chi connectivity index (χ4n) is 3.25. The molecular formula is C25H36N2O. The van der Waals surface area contributed by atoms with E-state index in [4.69, 9.17) is 4.74 Å². The molecule has 0 heterocycles. The molecule has 0 unspecified atom stereocenters. The maximum Gasteiger partial charge on any atom is 0.122 e. The van der Waals surface area contributed by atoms with Crippen molar-refractivity contribution in [2.75, 3.05) is 6.61 Å². The molecule has 0 aliphatic rings. The molecule has 0 saturated carbocycles. The summed E-state index contributed by atoms with van der Waals surface area (Å²) in [6.07, 6.45) is 12.9. The quantitative estimate of drug-likeness (QED) is 0.239. The average molecular weight is 381 g/mol. The van der Waals surface area contributed by atoms with E-state index in [1.165, 1.54) is 56.9 Å². The highest BCUT2D eigenvalue weighted by Crippen LogP contribution is 2.27. The highest BCUT2D eigenvalue weighted by molar-refractivity contribution is 5.48. The number of rotatable bonds is 14. The third kappa shape index (κ3) is 8.69. The van der Waals surface area contributed by atoms with E-state index in [1.807, 2.05) is 42.5 Å². The maximum atomic E-state index is 6.03. The van der Waals surface area contributed by atoms with Crippen LogP contribution >= 0.6 is 0 Å². The standard InChI is InChI=1S/C25H36N2O/c1-3-5-6-7-8-9-10-11-15-20-28-25-19-18-24(21-22(25)4-2)27-26-23-16-13-12-14-17-23/h12-14,16-19,21H,3-11,15,20H2,1-2H3. The molecule has 0 radical (unpaired) electrons. The summed E-state index contributed by atoms with van der Waals surface area (Å²) in [5.41, 5.74) is 2.93. The molecule has 0 bridgehead atoms. The zero-order valence-corrected chi connectivity index (χ0v) is 17.7. The fraction of sp³-hybridized carbons (Fsp3) is 0.520. The van der Waals surface area contributed by atoms with Crippen molar-refractivity contribution in [3.8, 4) is 5.75 Å². The smallest absolute Gasteiger partial charge is 0.122 e. The number of nitrogens with zero attached hydrogens (tertiary/aromatic N) is 2. The lowest BCUT2D eigenvalue weighted by molar-refractivity contribution is 0.301. The van der Waals surface area contributed by atoms with Crippen LogP contribution < -0.4 is 4.74 Å². The molecular weight excluding hydrogens is 344 g/mol. The van der Waals surface area contributed by atoms with E-state index in [9.17, 15) is 0 Å². The molecule has 2 rings (SSSR count). The van der Waals surface area contributed by atoms with E-state index in [1.54, 1.807) is 0 Å². The number of aryl methyl sites for hydroxylation is 1. The van der Waals surface area contributed by atoms with Gasteiger partial charge >= 0.3 is 0 Å². The largest absolute Gasteiger partial charge is 0.493 e. The average Bonchev–Trinajstić information content (AvgIpc) is 2.74. The van der Waals surface area contributed by atoms with E-state index in [2.05, 4.69) is 30.1 Å². The highest BCUT2D eigenvalue weighted by Gasteiger charge is 2.04. The molecule has 2 aromatic carbocycles. The van der Waals surface area contributed by atoms with Gasteiger partial charge in [-0.05, 0) is 48.7 Å². The molecule has 0 fully saturated rings. The zero-order chi connectivity index (χ0) is 19.9. The highest BCUT2D eigenvalue weighted by atomic mass is 16.5. The van der Waals surface area contributed by atoms with Crippen molar-refractivity contribution in [1.82, 2.24) is 0 Å². The lowest BCUT2D eigenvalue weighted by atomic mass is 10.1. The Morgan fingerprint density at radius 3 is 2.00 bits per heavy atom. The maximum absolute atomic E-state index is 6.03. The van der Waals surface area contributed by atoms with E-state index in [0.717, 1.165) is 36.6 Å². The summed E-state index contributed by atoms with van der Waals surface area (Å²) < 4.78 is 6.03. The molecule has 2 aromatic rings. The molecule has 0 saturated heterocycles. The Balaban J connectivity index is 1.70. The van der Waals surface area contributed by atoms with Crippen LogP contribution in [-0.4, -0.2) is 6.61 Å². The van der Waals surface area contributed by atoms with Crippen molar-refractivity contribution in [3.05, 3.63) is 54.1 Å². The van der Waals surface area contributed by atoms with Gasteiger partial charge in [0.25, 0.3) is 0 Å². The summed E-state index contributed by atoms with van der Waals surface area (Å²) in [5, 5.41) is 8.65. The van der Waals surface area contributed by atoms with Gasteiger partial charge in [0.05, 0.1) is 18.0 Å². The Kier molecular flexibility index (Phi) is 11.0. The Hall–Kier alpha value is -2.16. The van der Waals surface area contributed by atoms with Crippen LogP contribution in [0.4, 0.5) is 11.4 Å². The number of unbranched alkanes of at least 4 members (excludes halogenated alkanes) is 8. The molecule has 0 amide bonds. The van der Waals surface area contributed by atoms with Crippen LogP contribution in [0.1, 0.15) is 77.2 Å². The zero-order valence-electron chi connectivity index (χ0n) is 17.7. The first-order chi connectivity index (χ1) is 13.8. The first-order valence-electron chi connectivity index (χ1n) is 11.1. The van der Waals surface area contributed by atoms with Crippen LogP contribution in [-0.2, 0) is 6.42 Å². The van der Waals surface area contributed by atoms with Crippen molar-refractivity contribution in [2.45, 2.75) is 78.1 Å². The van der Waals surface area contributed by atoms with Crippen molar-refractivity contribution in [3.63, 3.8) is 0 Å². The topological polar surface area (TPSA) is 34.0 Å². The van der Waals surface area contributed by atoms with E-state index in [0.29, 0.717) is 0 Å². The van der Waals surface area contributed by atoms with E-state index < -0.39 is 0 Å². The van der Waals surface area contributed by atoms with Crippen molar-refractivity contribution >= 4 is 11.4 Å². The Labute approximate surface area is 171 Å². The Morgan fingerprint density at radius 1 is 0.679 bits per heavy atom. The van der Waals surface area contributed by atoms with Gasteiger partial charge in [-0.15, -0.1) is 0 Å². The molecule has 3 heteroatoms. The third-order valence-corrected chi connectivity index (χ3v) is 4.97. The Morgan fingerprint density at radius 2 is 1.32 bits per heavy atom. The second-order valence-electron chi connectivity index (χ2n) is 7.36. The van der Waals surface area contributed by atoms with Crippen molar-refractivity contribution in [2.24, 2.45) is 10.2 Å². The van der Waals surface area contributed by atoms with Gasteiger partial charge in [0, 0.05) is 0 Å². The van der Waals surface area contributed by atoms with Crippen LogP contribution in [0, 0.1) is 0 Å². The molecule has 0 aliphatic carbocycles. The summed E-state index contributed by atoms with van der Waals surface area (Å²) in [5.74, 6) is 0.987. The van der Waals surface area contributed by atoms with Crippen LogP contribution in [0.5, 0.6) is 5.75 Å². The van der Waals surface area contributed by atoms with Gasteiger partial charge in [0.1, 0.15) is 5.75 Å². The monoisotopic (exact) mass is 380 g/mol. The SMILES string of the molecule is CCCCCCCCCCCOc1ccc(N=Nc2ccccc2)cc1CC. The van der Waals surface area contributed by atoms with Gasteiger partial charge in [0.15, 0.2) is 0 Å². The molecule has 0 spiro atoms. The minimum atomic E-state index is 0.799. The summed E-state index contributed by atoms with van der Waals surface area (Å²) in [4.78, 5) is 0. The van der Waals surface area contributed by atoms with Crippen LogP contribution in [0.3, 0.4) is 0 Å². The fourth-order valence-corrected chi connectivity index (χ4v) is 3.25. The number of ether oxygens (including phenoxy) is 1. The summed E-state index contributed by atoms with van der Waals surface area (Å²) >= 11 is 0. The van der Waals surface area contributed by atoms with E-state index >= 15 is 0 Å². The molecule has 0 aliphatic heterocycles. The number of hydrogen-bond acceptors (Lipinski definition) is 3. The minimum absolute atomic E-state index is 0.799. The molecule has 152 valence electrons. The predicted molar refractivity (Wildman–Crippen MR) is 119 cm³/mol. The second kappa shape index (κ2) is 13.9. The molecule has 28 heavy (non-hydrogen) atoms. The van der Waals surface area contributed by atoms with Gasteiger partial charge in [-0.3, -0.25) is 0 Å². The second-order valence-corrected chi connectivity index (χ2v) is 7.36. The number of hydrogen-bond donors (Lipinski definition) is 0. The summed E-state index contributed by atoms with van der Waals surface area (Å²) in [6, 6.07) is 15.9. The van der Waals surface area contributed by atoms with Gasteiger partial charge < -0.3 is 4.74 Å². The van der Waals surface area contributed by atoms with Crippen molar-refractivity contribution in [1.29, 1.82) is 0 Å². The van der Waals surface area contributed by atoms with Gasteiger partial charge in [-0.2, -0.15) is 10.2 Å². The normalized spacial score (nSPS) is 11.2. The first-order valence-corrected chi connectivity index (χ1v) is 11.1. The molecule has 0 atom stereocenters. The minimum Gasteiger partial charge on any atom is -0.493 e. The van der Waals surface area contributed by atoms with Gasteiger partial charge in [0.2, 0.25) is 0 Å². The summed E-state index contributed by atoms with van der Waals surface area (Å²) in [6.45, 7) is 5.22. The first kappa shape index (κ1) is 22.1. The lowest BCUT2D eigenvalue weighted by Crippen LogP contribution is -2.00. The van der Waals surface area contributed by atoms with Gasteiger partial charge in [-0.1, -0.05) is 83.4 Å².